The molecule has 114 valence electrons. The van der Waals surface area contributed by atoms with Gasteiger partial charge in [-0.05, 0) is 31.8 Å². The van der Waals surface area contributed by atoms with Gasteiger partial charge in [0.05, 0.1) is 12.4 Å². The number of imidazole rings is 1. The number of rotatable bonds is 5. The molecular weight excluding hydrogens is 283 g/mol. The van der Waals surface area contributed by atoms with Crippen LogP contribution in [0.25, 0.3) is 11.2 Å². The van der Waals surface area contributed by atoms with Crippen LogP contribution in [-0.4, -0.2) is 45.5 Å². The monoisotopic (exact) mass is 300 g/mol. The number of likely N-dealkylation sites (N-methyl/N-ethyl adjacent to an activating group) is 1. The molecule has 3 rings (SSSR count). The van der Waals surface area contributed by atoms with Gasteiger partial charge in [-0.15, -0.1) is 0 Å². The van der Waals surface area contributed by atoms with Crippen molar-refractivity contribution in [2.45, 2.75) is 6.04 Å². The molecule has 3 aromatic rings. The number of benzene rings is 1. The maximum Gasteiger partial charge on any atom is 0.182 e. The lowest BCUT2D eigenvalue weighted by atomic mass is 10.1. The molecular formula is C15H17FN6. The highest BCUT2D eigenvalue weighted by molar-refractivity contribution is 5.81. The fraction of sp³-hybridized carbons (Fsp3) is 0.267. The quantitative estimate of drug-likeness (QED) is 0.756. The van der Waals surface area contributed by atoms with Crippen LogP contribution in [0.5, 0.6) is 0 Å². The summed E-state index contributed by atoms with van der Waals surface area (Å²) in [6, 6.07) is 6.64. The first kappa shape index (κ1) is 14.4. The molecule has 0 amide bonds. The highest BCUT2D eigenvalue weighted by Crippen LogP contribution is 2.21. The predicted octanol–water partition coefficient (Wildman–Crippen LogP) is 2.21. The van der Waals surface area contributed by atoms with Crippen molar-refractivity contribution < 1.29 is 4.39 Å². The largest absolute Gasteiger partial charge is 0.366 e. The van der Waals surface area contributed by atoms with E-state index in [-0.39, 0.29) is 11.9 Å². The van der Waals surface area contributed by atoms with Gasteiger partial charge in [-0.3, -0.25) is 0 Å². The number of H-pyrrole nitrogens is 1. The van der Waals surface area contributed by atoms with E-state index in [4.69, 9.17) is 0 Å². The van der Waals surface area contributed by atoms with Gasteiger partial charge in [0.25, 0.3) is 0 Å². The molecule has 0 bridgehead atoms. The molecule has 0 saturated carbocycles. The van der Waals surface area contributed by atoms with Crippen molar-refractivity contribution in [2.75, 3.05) is 26.0 Å². The third kappa shape index (κ3) is 2.89. The van der Waals surface area contributed by atoms with Gasteiger partial charge in [-0.1, -0.05) is 12.1 Å². The number of nitrogens with zero attached hydrogens (tertiary/aromatic N) is 4. The van der Waals surface area contributed by atoms with Gasteiger partial charge in [0.1, 0.15) is 17.7 Å². The SMILES string of the molecule is CN(C)[C@H](CNc1ncnc2nc[nH]c12)c1ccc(F)cc1. The number of aromatic nitrogens is 4. The minimum absolute atomic E-state index is 0.0912. The Balaban J connectivity index is 1.80. The predicted molar refractivity (Wildman–Crippen MR) is 83.0 cm³/mol. The molecule has 6 nitrogen and oxygen atoms in total. The van der Waals surface area contributed by atoms with Crippen LogP contribution >= 0.6 is 0 Å². The number of halogens is 1. The smallest absolute Gasteiger partial charge is 0.182 e. The van der Waals surface area contributed by atoms with Crippen molar-refractivity contribution in [1.82, 2.24) is 24.8 Å². The Morgan fingerprint density at radius 1 is 1.18 bits per heavy atom. The van der Waals surface area contributed by atoms with Crippen LogP contribution < -0.4 is 5.32 Å². The Kier molecular flexibility index (Phi) is 3.97. The molecule has 0 aliphatic rings. The van der Waals surface area contributed by atoms with Gasteiger partial charge in [-0.25, -0.2) is 19.3 Å². The second-order valence-electron chi connectivity index (χ2n) is 5.24. The maximum atomic E-state index is 13.1. The number of hydrogen-bond donors (Lipinski definition) is 2. The van der Waals surface area contributed by atoms with E-state index >= 15 is 0 Å². The fourth-order valence-electron chi connectivity index (χ4n) is 2.38. The van der Waals surface area contributed by atoms with Crippen molar-refractivity contribution in [3.8, 4) is 0 Å². The second-order valence-corrected chi connectivity index (χ2v) is 5.24. The van der Waals surface area contributed by atoms with Crippen molar-refractivity contribution in [2.24, 2.45) is 0 Å². The van der Waals surface area contributed by atoms with Gasteiger partial charge in [-0.2, -0.15) is 0 Å². The summed E-state index contributed by atoms with van der Waals surface area (Å²) >= 11 is 0. The first-order valence-electron chi connectivity index (χ1n) is 6.95. The molecule has 0 saturated heterocycles. The molecule has 0 spiro atoms. The van der Waals surface area contributed by atoms with E-state index in [0.717, 1.165) is 11.1 Å². The van der Waals surface area contributed by atoms with Crippen LogP contribution in [0.2, 0.25) is 0 Å². The van der Waals surface area contributed by atoms with Crippen LogP contribution in [0, 0.1) is 5.82 Å². The van der Waals surface area contributed by atoms with Crippen LogP contribution in [0.1, 0.15) is 11.6 Å². The summed E-state index contributed by atoms with van der Waals surface area (Å²) in [5.74, 6) is 0.473. The highest BCUT2D eigenvalue weighted by atomic mass is 19.1. The molecule has 1 atom stereocenters. The molecule has 2 aromatic heterocycles. The molecule has 2 heterocycles. The first-order valence-corrected chi connectivity index (χ1v) is 6.95. The van der Waals surface area contributed by atoms with Crippen LogP contribution in [0.3, 0.4) is 0 Å². The lowest BCUT2D eigenvalue weighted by molar-refractivity contribution is 0.311. The Hall–Kier alpha value is -2.54. The summed E-state index contributed by atoms with van der Waals surface area (Å²) in [6.45, 7) is 0.629. The summed E-state index contributed by atoms with van der Waals surface area (Å²) in [7, 11) is 3.98. The van der Waals surface area contributed by atoms with E-state index in [9.17, 15) is 4.39 Å². The van der Waals surface area contributed by atoms with Gasteiger partial charge in [0.2, 0.25) is 0 Å². The number of aromatic amines is 1. The molecule has 22 heavy (non-hydrogen) atoms. The number of fused-ring (bicyclic) bond motifs is 1. The zero-order valence-electron chi connectivity index (χ0n) is 12.4. The zero-order valence-corrected chi connectivity index (χ0v) is 12.4. The summed E-state index contributed by atoms with van der Waals surface area (Å²) in [5, 5.41) is 3.31. The average molecular weight is 300 g/mol. The van der Waals surface area contributed by atoms with Gasteiger partial charge in [0.15, 0.2) is 11.5 Å². The Morgan fingerprint density at radius 3 is 2.68 bits per heavy atom. The van der Waals surface area contributed by atoms with E-state index in [1.807, 2.05) is 14.1 Å². The molecule has 0 aliphatic carbocycles. The average Bonchev–Trinajstić information content (AvgIpc) is 2.98. The Labute approximate surface area is 127 Å². The maximum absolute atomic E-state index is 13.1. The molecule has 0 radical (unpaired) electrons. The molecule has 1 aromatic carbocycles. The molecule has 0 unspecified atom stereocenters. The minimum Gasteiger partial charge on any atom is -0.366 e. The third-order valence-corrected chi connectivity index (χ3v) is 3.56. The van der Waals surface area contributed by atoms with E-state index in [1.165, 1.54) is 18.5 Å². The second kappa shape index (κ2) is 6.07. The van der Waals surface area contributed by atoms with Gasteiger partial charge < -0.3 is 15.2 Å². The minimum atomic E-state index is -0.232. The van der Waals surface area contributed by atoms with Crippen molar-refractivity contribution in [3.63, 3.8) is 0 Å². The standard InChI is InChI=1S/C15H17FN6/c1-22(2)12(10-3-5-11(16)6-4-10)7-17-14-13-15(19-8-18-13)21-9-20-14/h3-6,8-9,12H,7H2,1-2H3,(H2,17,18,19,20,21)/t12-/m1/s1. The summed E-state index contributed by atoms with van der Waals surface area (Å²) in [4.78, 5) is 17.5. The topological polar surface area (TPSA) is 69.7 Å². The molecule has 2 N–H and O–H groups in total. The molecule has 0 aliphatic heterocycles. The van der Waals surface area contributed by atoms with E-state index in [0.29, 0.717) is 18.0 Å². The number of hydrogen-bond acceptors (Lipinski definition) is 5. The molecule has 0 fully saturated rings. The normalized spacial score (nSPS) is 12.7. The first-order chi connectivity index (χ1) is 10.6. The number of nitrogens with one attached hydrogen (secondary N) is 2. The zero-order chi connectivity index (χ0) is 15.5. The third-order valence-electron chi connectivity index (χ3n) is 3.56. The van der Waals surface area contributed by atoms with E-state index < -0.39 is 0 Å². The van der Waals surface area contributed by atoms with Crippen molar-refractivity contribution in [3.05, 3.63) is 48.3 Å². The fourth-order valence-corrected chi connectivity index (χ4v) is 2.38. The lowest BCUT2D eigenvalue weighted by Gasteiger charge is -2.25. The van der Waals surface area contributed by atoms with Crippen molar-refractivity contribution >= 4 is 17.0 Å². The van der Waals surface area contributed by atoms with Gasteiger partial charge >= 0.3 is 0 Å². The Bertz CT molecular complexity index is 752. The van der Waals surface area contributed by atoms with Crippen LogP contribution in [0.15, 0.2) is 36.9 Å². The molecule has 7 heteroatoms. The van der Waals surface area contributed by atoms with Crippen molar-refractivity contribution in [1.29, 1.82) is 0 Å². The highest BCUT2D eigenvalue weighted by Gasteiger charge is 2.15. The summed E-state index contributed by atoms with van der Waals surface area (Å²) in [6.07, 6.45) is 3.07. The van der Waals surface area contributed by atoms with E-state index in [1.54, 1.807) is 18.5 Å². The summed E-state index contributed by atoms with van der Waals surface area (Å²) < 4.78 is 13.1. The van der Waals surface area contributed by atoms with Gasteiger partial charge in [0, 0.05) is 6.54 Å². The van der Waals surface area contributed by atoms with Crippen LogP contribution in [0.4, 0.5) is 10.2 Å². The summed E-state index contributed by atoms with van der Waals surface area (Å²) in [5.41, 5.74) is 2.44. The van der Waals surface area contributed by atoms with Crippen LogP contribution in [-0.2, 0) is 0 Å². The lowest BCUT2D eigenvalue weighted by Crippen LogP contribution is -2.27. The Morgan fingerprint density at radius 2 is 1.95 bits per heavy atom. The van der Waals surface area contributed by atoms with E-state index in [2.05, 4.69) is 30.2 Å². The number of anilines is 1.